The number of ether oxygens (including phenoxy) is 1. The van der Waals surface area contributed by atoms with E-state index in [0.717, 1.165) is 16.9 Å². The fourth-order valence-corrected chi connectivity index (χ4v) is 5.18. The van der Waals surface area contributed by atoms with Crippen molar-refractivity contribution in [1.29, 1.82) is 0 Å². The second-order valence-corrected chi connectivity index (χ2v) is 10.1. The van der Waals surface area contributed by atoms with Crippen molar-refractivity contribution in [3.8, 4) is 5.75 Å². The Hall–Kier alpha value is -3.29. The molecule has 0 atom stereocenters. The van der Waals surface area contributed by atoms with E-state index in [1.165, 1.54) is 6.08 Å². The highest BCUT2D eigenvalue weighted by Gasteiger charge is 2.30. The van der Waals surface area contributed by atoms with Crippen LogP contribution in [-0.2, 0) is 16.1 Å². The highest BCUT2D eigenvalue weighted by molar-refractivity contribution is 6.39. The van der Waals surface area contributed by atoms with Crippen LogP contribution in [0.15, 0.2) is 49.2 Å². The van der Waals surface area contributed by atoms with Gasteiger partial charge in [0, 0.05) is 41.7 Å². The second-order valence-electron chi connectivity index (χ2n) is 9.26. The summed E-state index contributed by atoms with van der Waals surface area (Å²) in [5.74, 6) is 0.373. The first-order valence-corrected chi connectivity index (χ1v) is 12.8. The van der Waals surface area contributed by atoms with Crippen LogP contribution >= 0.6 is 23.2 Å². The molecule has 7 nitrogen and oxygen atoms in total. The maximum atomic E-state index is 13.2. The first-order chi connectivity index (χ1) is 17.7. The number of benzene rings is 2. The van der Waals surface area contributed by atoms with E-state index >= 15 is 0 Å². The van der Waals surface area contributed by atoms with E-state index in [2.05, 4.69) is 11.9 Å². The number of aromatic nitrogens is 1. The monoisotopic (exact) mass is 541 g/mol. The van der Waals surface area contributed by atoms with Gasteiger partial charge < -0.3 is 19.5 Å². The molecule has 3 aromatic rings. The lowest BCUT2D eigenvalue weighted by Crippen LogP contribution is -2.61. The molecular weight excluding hydrogens is 513 g/mol. The average molecular weight is 542 g/mol. The molecule has 1 N–H and O–H groups in total. The molecule has 1 fully saturated rings. The van der Waals surface area contributed by atoms with Crippen molar-refractivity contribution in [3.63, 3.8) is 0 Å². The van der Waals surface area contributed by atoms with Gasteiger partial charge in [-0.2, -0.15) is 0 Å². The summed E-state index contributed by atoms with van der Waals surface area (Å²) in [6, 6.07) is 9.14. The first-order valence-electron chi connectivity index (χ1n) is 12.1. The Morgan fingerprint density at radius 1 is 1.16 bits per heavy atom. The quantitative estimate of drug-likeness (QED) is 0.219. The second kappa shape index (κ2) is 11.4. The van der Waals surface area contributed by atoms with Crippen molar-refractivity contribution >= 4 is 51.7 Å². The Labute approximate surface area is 226 Å². The molecule has 1 aliphatic rings. The smallest absolute Gasteiger partial charge is 0.246 e. The molecule has 0 aliphatic carbocycles. The summed E-state index contributed by atoms with van der Waals surface area (Å²) in [4.78, 5) is 39.1. The lowest BCUT2D eigenvalue weighted by molar-refractivity contribution is -0.133. The number of para-hydroxylation sites is 1. The van der Waals surface area contributed by atoms with Crippen LogP contribution in [0.5, 0.6) is 5.75 Å². The van der Waals surface area contributed by atoms with Gasteiger partial charge in [0.05, 0.1) is 23.2 Å². The van der Waals surface area contributed by atoms with Crippen molar-refractivity contribution in [2.75, 3.05) is 19.7 Å². The van der Waals surface area contributed by atoms with Gasteiger partial charge in [0.1, 0.15) is 12.3 Å². The van der Waals surface area contributed by atoms with E-state index in [1.54, 1.807) is 27.8 Å². The zero-order valence-electron chi connectivity index (χ0n) is 20.9. The number of amides is 2. The minimum absolute atomic E-state index is 0.0211. The number of halogens is 2. The van der Waals surface area contributed by atoms with Gasteiger partial charge in [-0.1, -0.05) is 48.0 Å². The molecule has 1 aromatic heterocycles. The molecule has 0 bridgehead atoms. The van der Waals surface area contributed by atoms with E-state index in [9.17, 15) is 14.4 Å². The number of nitrogens with zero attached hydrogens (tertiary/aromatic N) is 2. The molecule has 37 heavy (non-hydrogen) atoms. The summed E-state index contributed by atoms with van der Waals surface area (Å²) in [6.45, 7) is 8.72. The Morgan fingerprint density at radius 3 is 2.54 bits per heavy atom. The molecule has 2 aromatic carbocycles. The lowest BCUT2D eigenvalue weighted by atomic mass is 10.1. The normalized spacial score (nSPS) is 13.4. The molecule has 9 heteroatoms. The highest BCUT2D eigenvalue weighted by Crippen LogP contribution is 2.33. The summed E-state index contributed by atoms with van der Waals surface area (Å²) in [7, 11) is 0. The van der Waals surface area contributed by atoms with Crippen LogP contribution in [0.1, 0.15) is 34.3 Å². The van der Waals surface area contributed by atoms with Gasteiger partial charge in [0.15, 0.2) is 5.78 Å². The minimum atomic E-state index is -0.236. The maximum Gasteiger partial charge on any atom is 0.246 e. The molecule has 0 spiro atoms. The van der Waals surface area contributed by atoms with Crippen molar-refractivity contribution in [1.82, 2.24) is 14.8 Å². The number of rotatable bonds is 10. The molecular formula is C28H29Cl2N3O4. The third kappa shape index (κ3) is 6.00. The number of hydrogen-bond donors (Lipinski definition) is 1. The van der Waals surface area contributed by atoms with Gasteiger partial charge in [-0.3, -0.25) is 14.4 Å². The van der Waals surface area contributed by atoms with Crippen LogP contribution in [0.2, 0.25) is 10.0 Å². The molecule has 2 amide bonds. The topological polar surface area (TPSA) is 80.6 Å². The number of carbonyl (C=O) groups is 3. The van der Waals surface area contributed by atoms with Crippen molar-refractivity contribution in [2.24, 2.45) is 0 Å². The molecule has 0 unspecified atom stereocenters. The fraction of sp³-hybridized carbons (Fsp3) is 0.321. The van der Waals surface area contributed by atoms with E-state index < -0.39 is 0 Å². The Kier molecular flexibility index (Phi) is 8.25. The molecule has 0 saturated carbocycles. The van der Waals surface area contributed by atoms with Gasteiger partial charge in [-0.05, 0) is 49.6 Å². The third-order valence-corrected chi connectivity index (χ3v) is 6.95. The summed E-state index contributed by atoms with van der Waals surface area (Å²) in [5.41, 5.74) is 3.15. The molecule has 1 aliphatic heterocycles. The van der Waals surface area contributed by atoms with Gasteiger partial charge >= 0.3 is 0 Å². The number of ketones is 1. The van der Waals surface area contributed by atoms with Crippen molar-refractivity contribution in [3.05, 3.63) is 75.9 Å². The van der Waals surface area contributed by atoms with E-state index in [4.69, 9.17) is 27.9 Å². The molecule has 0 radical (unpaired) electrons. The van der Waals surface area contributed by atoms with E-state index in [0.29, 0.717) is 52.6 Å². The van der Waals surface area contributed by atoms with E-state index in [1.807, 2.05) is 32.0 Å². The van der Waals surface area contributed by atoms with Crippen LogP contribution in [0.25, 0.3) is 10.9 Å². The minimum Gasteiger partial charge on any atom is -0.493 e. The largest absolute Gasteiger partial charge is 0.493 e. The SMILES string of the molecule is C=CC(=O)N1CC(NC(=O)Cn2cc(C(=O)CCCOc3c(C)cccc3C)c3cc(Cl)cc(Cl)c32)C1. The van der Waals surface area contributed by atoms with Gasteiger partial charge in [-0.25, -0.2) is 0 Å². The van der Waals surface area contributed by atoms with Crippen LogP contribution in [0, 0.1) is 13.8 Å². The summed E-state index contributed by atoms with van der Waals surface area (Å²) in [5, 5.41) is 4.30. The Bertz CT molecular complexity index is 1360. The van der Waals surface area contributed by atoms with Crippen molar-refractivity contribution < 1.29 is 19.1 Å². The zero-order valence-corrected chi connectivity index (χ0v) is 22.4. The number of hydrogen-bond acceptors (Lipinski definition) is 4. The van der Waals surface area contributed by atoms with Crippen LogP contribution in [-0.4, -0.2) is 52.8 Å². The summed E-state index contributed by atoms with van der Waals surface area (Å²) >= 11 is 12.7. The standard InChI is InChI=1S/C28H29Cl2N3O4/c1-4-26(36)32-13-20(14-32)31-25(35)16-33-15-22(21-11-19(29)12-23(30)27(21)33)24(34)9-6-10-37-28-17(2)7-5-8-18(28)3/h4-5,7-8,11-12,15,20H,1,6,9-10,13-14,16H2,2-3H3,(H,31,35). The van der Waals surface area contributed by atoms with Crippen LogP contribution < -0.4 is 10.1 Å². The van der Waals surface area contributed by atoms with Gasteiger partial charge in [-0.15, -0.1) is 0 Å². The summed E-state index contributed by atoms with van der Waals surface area (Å²) < 4.78 is 7.61. The number of nitrogens with one attached hydrogen (secondary N) is 1. The maximum absolute atomic E-state index is 13.2. The zero-order chi connectivity index (χ0) is 26.7. The number of carbonyl (C=O) groups excluding carboxylic acids is 3. The fourth-order valence-electron chi connectivity index (χ4n) is 4.58. The number of aryl methyl sites for hydroxylation is 2. The molecule has 1 saturated heterocycles. The predicted octanol–water partition coefficient (Wildman–Crippen LogP) is 5.12. The number of likely N-dealkylation sites (tertiary alicyclic amines) is 1. The Balaban J connectivity index is 1.43. The summed E-state index contributed by atoms with van der Waals surface area (Å²) in [6.07, 6.45) is 3.73. The molecule has 4 rings (SSSR count). The average Bonchev–Trinajstić information content (AvgIpc) is 3.17. The first kappa shape index (κ1) is 26.8. The highest BCUT2D eigenvalue weighted by atomic mass is 35.5. The predicted molar refractivity (Wildman–Crippen MR) is 146 cm³/mol. The van der Waals surface area contributed by atoms with Crippen molar-refractivity contribution in [2.45, 2.75) is 39.3 Å². The molecule has 2 heterocycles. The number of Topliss-reactive ketones (excluding diaryl/α,β-unsaturated/α-hetero) is 1. The number of fused-ring (bicyclic) bond motifs is 1. The van der Waals surface area contributed by atoms with Crippen LogP contribution in [0.4, 0.5) is 0 Å². The third-order valence-electron chi connectivity index (χ3n) is 6.44. The Morgan fingerprint density at radius 2 is 1.86 bits per heavy atom. The lowest BCUT2D eigenvalue weighted by Gasteiger charge is -2.38. The molecule has 194 valence electrons. The van der Waals surface area contributed by atoms with Gasteiger partial charge in [0.2, 0.25) is 11.8 Å². The van der Waals surface area contributed by atoms with Crippen LogP contribution in [0.3, 0.4) is 0 Å². The van der Waals surface area contributed by atoms with E-state index in [-0.39, 0.29) is 36.6 Å². The van der Waals surface area contributed by atoms with Gasteiger partial charge in [0.25, 0.3) is 0 Å².